The van der Waals surface area contributed by atoms with Gasteiger partial charge in [0.15, 0.2) is 0 Å². The van der Waals surface area contributed by atoms with Crippen molar-refractivity contribution in [3.8, 4) is 5.75 Å². The third-order valence-electron chi connectivity index (χ3n) is 2.13. The van der Waals surface area contributed by atoms with Crippen LogP contribution in [0.2, 0.25) is 0 Å². The van der Waals surface area contributed by atoms with Crippen molar-refractivity contribution in [2.45, 2.75) is 6.54 Å². The number of rotatable bonds is 5. The summed E-state index contributed by atoms with van der Waals surface area (Å²) in [4.78, 5) is 4.33. The van der Waals surface area contributed by atoms with Gasteiger partial charge < -0.3 is 10.5 Å². The van der Waals surface area contributed by atoms with Gasteiger partial charge in [-0.1, -0.05) is 20.7 Å². The Hall–Kier alpha value is -1.34. The van der Waals surface area contributed by atoms with E-state index in [1.54, 1.807) is 13.3 Å². The van der Waals surface area contributed by atoms with Crippen LogP contribution in [0.5, 0.6) is 5.75 Å². The molecule has 0 spiro atoms. The fourth-order valence-electron chi connectivity index (χ4n) is 1.17. The Morgan fingerprint density at radius 3 is 2.62 bits per heavy atom. The van der Waals surface area contributed by atoms with Crippen LogP contribution in [0.3, 0.4) is 0 Å². The zero-order valence-electron chi connectivity index (χ0n) is 9.60. The molecule has 0 amide bonds. The van der Waals surface area contributed by atoms with Gasteiger partial charge in [-0.15, -0.1) is 0 Å². The van der Waals surface area contributed by atoms with E-state index < -0.39 is 0 Å². The summed E-state index contributed by atoms with van der Waals surface area (Å²) in [6.45, 7) is 2.75. The quantitative estimate of drug-likeness (QED) is 0.630. The van der Waals surface area contributed by atoms with E-state index in [1.807, 2.05) is 30.5 Å². The second-order valence-corrected chi connectivity index (χ2v) is 4.27. The van der Waals surface area contributed by atoms with Gasteiger partial charge in [-0.05, 0) is 24.4 Å². The highest BCUT2D eigenvalue weighted by Gasteiger charge is 1.92. The first kappa shape index (κ1) is 12.7. The fraction of sp³-hybridized carbons (Fsp3) is 0.250. The molecule has 2 N–H and O–H groups in total. The number of ether oxygens (including phenoxy) is 1. The average Bonchev–Trinajstić information content (AvgIpc) is 2.35. The number of methoxy groups -OCH3 is 1. The second-order valence-electron chi connectivity index (χ2n) is 3.19. The second kappa shape index (κ2) is 7.02. The van der Waals surface area contributed by atoms with Gasteiger partial charge in [-0.3, -0.25) is 4.99 Å². The Bertz CT molecular complexity index is 371. The Kier molecular flexibility index (Phi) is 5.58. The highest BCUT2D eigenvalue weighted by Crippen LogP contribution is 2.15. The largest absolute Gasteiger partial charge is 0.497 e. The molecule has 1 aromatic rings. The Morgan fingerprint density at radius 1 is 1.44 bits per heavy atom. The summed E-state index contributed by atoms with van der Waals surface area (Å²) in [7, 11) is 2.34. The maximum atomic E-state index is 5.44. The van der Waals surface area contributed by atoms with Crippen molar-refractivity contribution in [3.05, 3.63) is 41.3 Å². The number of benzene rings is 1. The van der Waals surface area contributed by atoms with E-state index in [9.17, 15) is 0 Å². The van der Waals surface area contributed by atoms with Crippen LogP contribution < -0.4 is 10.5 Å². The topological polar surface area (TPSA) is 47.6 Å². The molecule has 0 saturated carbocycles. The summed E-state index contributed by atoms with van der Waals surface area (Å²) in [6, 6.07) is 7.89. The van der Waals surface area contributed by atoms with Gasteiger partial charge in [-0.2, -0.15) is 0 Å². The summed E-state index contributed by atoms with van der Waals surface area (Å²) in [6.07, 6.45) is 3.44. The minimum atomic E-state index is 0.672. The van der Waals surface area contributed by atoms with Gasteiger partial charge in [0.25, 0.3) is 0 Å². The van der Waals surface area contributed by atoms with Crippen LogP contribution in [0.15, 0.2) is 40.8 Å². The highest BCUT2D eigenvalue weighted by molar-refractivity contribution is 7.43. The zero-order chi connectivity index (χ0) is 11.8. The van der Waals surface area contributed by atoms with E-state index in [2.05, 4.69) is 11.7 Å². The number of nitrogens with zero attached hydrogens (tertiary/aromatic N) is 1. The number of nitrogens with two attached hydrogens (primary N) is 1. The summed E-state index contributed by atoms with van der Waals surface area (Å²) < 4.78 is 5.08. The average molecular weight is 236 g/mol. The SMILES string of the molecule is COc1ccc(CN=C/C(=C\N)PC)cc1. The van der Waals surface area contributed by atoms with E-state index in [0.717, 1.165) is 16.6 Å². The van der Waals surface area contributed by atoms with Gasteiger partial charge in [0.05, 0.1) is 13.7 Å². The van der Waals surface area contributed by atoms with E-state index in [1.165, 1.54) is 0 Å². The van der Waals surface area contributed by atoms with Crippen molar-refractivity contribution in [3.63, 3.8) is 0 Å². The molecule has 16 heavy (non-hydrogen) atoms. The van der Waals surface area contributed by atoms with Crippen LogP contribution in [0.4, 0.5) is 0 Å². The third-order valence-corrected chi connectivity index (χ3v) is 3.00. The minimum Gasteiger partial charge on any atom is -0.497 e. The Balaban J connectivity index is 2.54. The first-order valence-corrected chi connectivity index (χ1v) is 6.52. The van der Waals surface area contributed by atoms with Crippen molar-refractivity contribution in [2.75, 3.05) is 13.8 Å². The Morgan fingerprint density at radius 2 is 2.12 bits per heavy atom. The molecule has 0 aromatic heterocycles. The Labute approximate surface area is 98.2 Å². The minimum absolute atomic E-state index is 0.672. The van der Waals surface area contributed by atoms with Crippen LogP contribution >= 0.6 is 8.58 Å². The van der Waals surface area contributed by atoms with E-state index in [4.69, 9.17) is 10.5 Å². The van der Waals surface area contributed by atoms with Crippen molar-refractivity contribution in [1.29, 1.82) is 0 Å². The maximum absolute atomic E-state index is 5.44. The summed E-state index contributed by atoms with van der Waals surface area (Å²) in [5, 5.41) is 1.08. The molecule has 0 aliphatic rings. The lowest BCUT2D eigenvalue weighted by Gasteiger charge is -2.00. The van der Waals surface area contributed by atoms with E-state index in [-0.39, 0.29) is 0 Å². The van der Waals surface area contributed by atoms with Crippen molar-refractivity contribution in [1.82, 2.24) is 0 Å². The maximum Gasteiger partial charge on any atom is 0.118 e. The monoisotopic (exact) mass is 236 g/mol. The molecule has 86 valence electrons. The van der Waals surface area contributed by atoms with Gasteiger partial charge in [0.2, 0.25) is 0 Å². The van der Waals surface area contributed by atoms with Crippen molar-refractivity contribution < 1.29 is 4.74 Å². The molecular formula is C12H17N2OP. The van der Waals surface area contributed by atoms with Crippen molar-refractivity contribution >= 4 is 14.8 Å². The molecule has 3 nitrogen and oxygen atoms in total. The lowest BCUT2D eigenvalue weighted by molar-refractivity contribution is 0.414. The van der Waals surface area contributed by atoms with Crippen LogP contribution in [0, 0.1) is 0 Å². The summed E-state index contributed by atoms with van der Waals surface area (Å²) in [5.41, 5.74) is 6.60. The fourth-order valence-corrected chi connectivity index (χ4v) is 1.56. The predicted molar refractivity (Wildman–Crippen MR) is 71.7 cm³/mol. The lowest BCUT2D eigenvalue weighted by Crippen LogP contribution is -1.87. The summed E-state index contributed by atoms with van der Waals surface area (Å²) >= 11 is 0. The number of hydrogen-bond acceptors (Lipinski definition) is 3. The molecule has 1 rings (SSSR count). The predicted octanol–water partition coefficient (Wildman–Crippen LogP) is 2.37. The molecule has 1 unspecified atom stereocenters. The van der Waals surface area contributed by atoms with Gasteiger partial charge in [0, 0.05) is 17.7 Å². The molecule has 1 atom stereocenters. The number of aliphatic imine (C=N–C) groups is 1. The molecule has 0 heterocycles. The number of hydrogen-bond donors (Lipinski definition) is 1. The first-order valence-electron chi connectivity index (χ1n) is 5.02. The van der Waals surface area contributed by atoms with Gasteiger partial charge >= 0.3 is 0 Å². The van der Waals surface area contributed by atoms with Crippen molar-refractivity contribution in [2.24, 2.45) is 10.7 Å². The molecule has 0 aliphatic carbocycles. The highest BCUT2D eigenvalue weighted by atomic mass is 31.1. The van der Waals surface area contributed by atoms with Gasteiger partial charge in [0.1, 0.15) is 5.75 Å². The molecule has 0 fully saturated rings. The molecule has 0 aliphatic heterocycles. The lowest BCUT2D eigenvalue weighted by atomic mass is 10.2. The molecule has 0 bridgehead atoms. The van der Waals surface area contributed by atoms with Crippen LogP contribution in [-0.4, -0.2) is 20.0 Å². The molecular weight excluding hydrogens is 219 g/mol. The zero-order valence-corrected chi connectivity index (χ0v) is 10.6. The standard InChI is InChI=1S/C12H17N2OP/c1-15-11-5-3-10(4-6-11)8-14-9-12(7-13)16-2/h3-7,9,16H,8,13H2,1-2H3/b12-7+,14-9?. The van der Waals surface area contributed by atoms with E-state index in [0.29, 0.717) is 15.1 Å². The normalized spacial score (nSPS) is 12.8. The molecule has 1 aromatic carbocycles. The molecule has 0 saturated heterocycles. The van der Waals surface area contributed by atoms with E-state index >= 15 is 0 Å². The van der Waals surface area contributed by atoms with Crippen LogP contribution in [0.1, 0.15) is 5.56 Å². The smallest absolute Gasteiger partial charge is 0.118 e. The first-order chi connectivity index (χ1) is 7.80. The van der Waals surface area contributed by atoms with Crippen LogP contribution in [-0.2, 0) is 6.54 Å². The van der Waals surface area contributed by atoms with Crippen LogP contribution in [0.25, 0.3) is 0 Å². The third kappa shape index (κ3) is 4.03. The summed E-state index contributed by atoms with van der Waals surface area (Å²) in [5.74, 6) is 0.866. The molecule has 0 radical (unpaired) electrons. The van der Waals surface area contributed by atoms with Gasteiger partial charge in [-0.25, -0.2) is 0 Å². The molecule has 4 heteroatoms. The number of allylic oxidation sites excluding steroid dienone is 1.